The maximum atomic E-state index is 12.4. The van der Waals surface area contributed by atoms with Crippen LogP contribution in [0.5, 0.6) is 5.75 Å². The van der Waals surface area contributed by atoms with Crippen LogP contribution in [-0.4, -0.2) is 18.3 Å². The quantitative estimate of drug-likeness (QED) is 0.693. The smallest absolute Gasteiger partial charge is 0.417 e. The van der Waals surface area contributed by atoms with Crippen LogP contribution in [0.4, 0.5) is 19.0 Å². The molecule has 1 aromatic heterocycles. The first-order valence-electron chi connectivity index (χ1n) is 5.96. The fraction of sp³-hybridized carbons (Fsp3) is 0.143. The molecule has 0 aliphatic carbocycles. The van der Waals surface area contributed by atoms with Crippen molar-refractivity contribution in [2.75, 3.05) is 12.5 Å². The maximum Gasteiger partial charge on any atom is 0.417 e. The minimum Gasteiger partial charge on any atom is -0.496 e. The van der Waals surface area contributed by atoms with Gasteiger partial charge in [-0.1, -0.05) is 12.1 Å². The van der Waals surface area contributed by atoms with E-state index >= 15 is 0 Å². The van der Waals surface area contributed by atoms with E-state index in [1.165, 1.54) is 19.4 Å². The van der Waals surface area contributed by atoms with Crippen LogP contribution in [0, 0.1) is 0 Å². The van der Waals surface area contributed by atoms with E-state index in [1.54, 1.807) is 12.1 Å². The number of aromatic nitrogens is 1. The van der Waals surface area contributed by atoms with E-state index < -0.39 is 11.7 Å². The first-order valence-corrected chi connectivity index (χ1v) is 5.96. The van der Waals surface area contributed by atoms with Crippen LogP contribution in [0.25, 0.3) is 0 Å². The van der Waals surface area contributed by atoms with Gasteiger partial charge in [-0.3, -0.25) is 5.43 Å². The molecule has 0 aliphatic rings. The van der Waals surface area contributed by atoms with Crippen LogP contribution in [0.15, 0.2) is 47.7 Å². The van der Waals surface area contributed by atoms with E-state index in [0.717, 1.165) is 17.8 Å². The van der Waals surface area contributed by atoms with Crippen molar-refractivity contribution in [2.45, 2.75) is 6.18 Å². The van der Waals surface area contributed by atoms with Crippen molar-refractivity contribution >= 4 is 12.0 Å². The highest BCUT2D eigenvalue weighted by Gasteiger charge is 2.30. The summed E-state index contributed by atoms with van der Waals surface area (Å²) >= 11 is 0. The molecule has 7 heteroatoms. The van der Waals surface area contributed by atoms with Crippen molar-refractivity contribution in [1.82, 2.24) is 4.98 Å². The number of halogens is 3. The fourth-order valence-electron chi connectivity index (χ4n) is 1.57. The SMILES string of the molecule is COc1ccccc1/C=N/Nc1ccc(C(F)(F)F)cn1. The van der Waals surface area contributed by atoms with Crippen LogP contribution in [-0.2, 0) is 6.18 Å². The number of para-hydroxylation sites is 1. The number of benzene rings is 1. The number of alkyl halides is 3. The summed E-state index contributed by atoms with van der Waals surface area (Å²) in [7, 11) is 1.54. The van der Waals surface area contributed by atoms with Gasteiger partial charge in [0.2, 0.25) is 0 Å². The zero-order valence-corrected chi connectivity index (χ0v) is 11.1. The highest BCUT2D eigenvalue weighted by molar-refractivity contribution is 5.83. The predicted molar refractivity (Wildman–Crippen MR) is 73.4 cm³/mol. The summed E-state index contributed by atoms with van der Waals surface area (Å²) in [5.41, 5.74) is 2.49. The molecule has 2 aromatic rings. The molecular formula is C14H12F3N3O. The molecule has 0 bridgehead atoms. The Kier molecular flexibility index (Phi) is 4.42. The first-order chi connectivity index (χ1) is 10.0. The number of rotatable bonds is 4. The molecule has 1 N–H and O–H groups in total. The Morgan fingerprint density at radius 2 is 1.95 bits per heavy atom. The van der Waals surface area contributed by atoms with E-state index in [2.05, 4.69) is 15.5 Å². The third-order valence-electron chi connectivity index (χ3n) is 2.61. The molecule has 1 aromatic carbocycles. The van der Waals surface area contributed by atoms with Gasteiger partial charge in [0.05, 0.1) is 18.9 Å². The molecule has 2 rings (SSSR count). The Morgan fingerprint density at radius 1 is 1.19 bits per heavy atom. The van der Waals surface area contributed by atoms with Gasteiger partial charge in [-0.25, -0.2) is 4.98 Å². The van der Waals surface area contributed by atoms with Gasteiger partial charge < -0.3 is 4.74 Å². The van der Waals surface area contributed by atoms with Crippen molar-refractivity contribution < 1.29 is 17.9 Å². The summed E-state index contributed by atoms with van der Waals surface area (Å²) in [6.45, 7) is 0. The van der Waals surface area contributed by atoms with E-state index in [1.807, 2.05) is 12.1 Å². The third-order valence-corrected chi connectivity index (χ3v) is 2.61. The Hall–Kier alpha value is -2.57. The Morgan fingerprint density at radius 3 is 2.57 bits per heavy atom. The number of hydrogen-bond donors (Lipinski definition) is 1. The largest absolute Gasteiger partial charge is 0.496 e. The molecule has 0 unspecified atom stereocenters. The van der Waals surface area contributed by atoms with Crippen LogP contribution in [0.2, 0.25) is 0 Å². The zero-order chi connectivity index (χ0) is 15.3. The van der Waals surface area contributed by atoms with E-state index in [4.69, 9.17) is 4.74 Å². The molecule has 1 heterocycles. The lowest BCUT2D eigenvalue weighted by molar-refractivity contribution is -0.137. The maximum absolute atomic E-state index is 12.4. The molecular weight excluding hydrogens is 283 g/mol. The number of nitrogens with zero attached hydrogens (tertiary/aromatic N) is 2. The Bertz CT molecular complexity index is 624. The lowest BCUT2D eigenvalue weighted by Crippen LogP contribution is -2.05. The number of ether oxygens (including phenoxy) is 1. The number of anilines is 1. The highest BCUT2D eigenvalue weighted by Crippen LogP contribution is 2.28. The number of nitrogens with one attached hydrogen (secondary N) is 1. The average molecular weight is 295 g/mol. The molecule has 0 radical (unpaired) electrons. The Labute approximate surface area is 119 Å². The molecule has 21 heavy (non-hydrogen) atoms. The second-order valence-corrected chi connectivity index (χ2v) is 4.04. The number of hydrazone groups is 1. The van der Waals surface area contributed by atoms with Crippen LogP contribution in [0.3, 0.4) is 0 Å². The van der Waals surface area contributed by atoms with Crippen molar-refractivity contribution in [2.24, 2.45) is 5.10 Å². The summed E-state index contributed by atoms with van der Waals surface area (Å²) in [6.07, 6.45) is -2.15. The van der Waals surface area contributed by atoms with E-state index in [9.17, 15) is 13.2 Å². The van der Waals surface area contributed by atoms with Gasteiger partial charge in [0.15, 0.2) is 0 Å². The molecule has 0 spiro atoms. The second-order valence-electron chi connectivity index (χ2n) is 4.04. The molecule has 4 nitrogen and oxygen atoms in total. The molecule has 0 aliphatic heterocycles. The summed E-state index contributed by atoms with van der Waals surface area (Å²) in [5, 5.41) is 3.91. The van der Waals surface area contributed by atoms with Crippen LogP contribution in [0.1, 0.15) is 11.1 Å². The highest BCUT2D eigenvalue weighted by atomic mass is 19.4. The van der Waals surface area contributed by atoms with Crippen molar-refractivity contribution in [1.29, 1.82) is 0 Å². The van der Waals surface area contributed by atoms with Gasteiger partial charge >= 0.3 is 6.18 Å². The van der Waals surface area contributed by atoms with E-state index in [-0.39, 0.29) is 5.82 Å². The van der Waals surface area contributed by atoms with Crippen molar-refractivity contribution in [3.8, 4) is 5.75 Å². The lowest BCUT2D eigenvalue weighted by Gasteiger charge is -2.06. The molecule has 110 valence electrons. The monoisotopic (exact) mass is 295 g/mol. The minimum atomic E-state index is -4.40. The predicted octanol–water partition coefficient (Wildman–Crippen LogP) is 3.56. The fourth-order valence-corrected chi connectivity index (χ4v) is 1.57. The average Bonchev–Trinajstić information content (AvgIpc) is 2.47. The number of pyridine rings is 1. The van der Waals surface area contributed by atoms with Crippen LogP contribution >= 0.6 is 0 Å². The van der Waals surface area contributed by atoms with Gasteiger partial charge in [-0.15, -0.1) is 0 Å². The lowest BCUT2D eigenvalue weighted by atomic mass is 10.2. The standard InChI is InChI=1S/C14H12F3N3O/c1-21-12-5-3-2-4-10(12)8-19-20-13-7-6-11(9-18-13)14(15,16)17/h2-9H,1H3,(H,18,20)/b19-8+. The number of hydrogen-bond acceptors (Lipinski definition) is 4. The third kappa shape index (κ3) is 3.95. The van der Waals surface area contributed by atoms with Crippen molar-refractivity contribution in [3.63, 3.8) is 0 Å². The van der Waals surface area contributed by atoms with Crippen molar-refractivity contribution in [3.05, 3.63) is 53.7 Å². The molecule has 0 amide bonds. The molecule has 0 saturated heterocycles. The van der Waals surface area contributed by atoms with Gasteiger partial charge in [-0.2, -0.15) is 18.3 Å². The van der Waals surface area contributed by atoms with Gasteiger partial charge in [0.1, 0.15) is 11.6 Å². The van der Waals surface area contributed by atoms with E-state index in [0.29, 0.717) is 5.75 Å². The van der Waals surface area contributed by atoms with Gasteiger partial charge in [0, 0.05) is 11.8 Å². The van der Waals surface area contributed by atoms with Gasteiger partial charge in [-0.05, 0) is 24.3 Å². The first kappa shape index (κ1) is 14.8. The summed E-state index contributed by atoms with van der Waals surface area (Å²) < 4.78 is 42.3. The minimum absolute atomic E-state index is 0.217. The molecule has 0 fully saturated rings. The zero-order valence-electron chi connectivity index (χ0n) is 11.1. The van der Waals surface area contributed by atoms with Gasteiger partial charge in [0.25, 0.3) is 0 Å². The number of methoxy groups -OCH3 is 1. The molecule has 0 saturated carbocycles. The molecule has 0 atom stereocenters. The summed E-state index contributed by atoms with van der Waals surface area (Å²) in [4.78, 5) is 3.64. The Balaban J connectivity index is 2.04. The normalized spacial score (nSPS) is 11.6. The summed E-state index contributed by atoms with van der Waals surface area (Å²) in [6, 6.07) is 9.36. The van der Waals surface area contributed by atoms with Crippen LogP contribution < -0.4 is 10.2 Å². The second kappa shape index (κ2) is 6.25. The topological polar surface area (TPSA) is 46.5 Å². The summed E-state index contributed by atoms with van der Waals surface area (Å²) in [5.74, 6) is 0.859.